The Balaban J connectivity index is 1.53. The van der Waals surface area contributed by atoms with Crippen LogP contribution >= 0.6 is 0 Å². The average molecular weight is 352 g/mol. The van der Waals surface area contributed by atoms with Crippen LogP contribution < -0.4 is 5.32 Å². The van der Waals surface area contributed by atoms with Crippen LogP contribution in [-0.2, 0) is 11.3 Å². The predicted molar refractivity (Wildman–Crippen MR) is 99.1 cm³/mol. The highest BCUT2D eigenvalue weighted by atomic mass is 16.2. The number of amides is 2. The maximum absolute atomic E-state index is 12.9. The lowest BCUT2D eigenvalue weighted by Gasteiger charge is -2.16. The molecule has 6 heteroatoms. The van der Waals surface area contributed by atoms with Gasteiger partial charge in [-0.3, -0.25) is 14.3 Å². The lowest BCUT2D eigenvalue weighted by molar-refractivity contribution is -0.116. The zero-order valence-electron chi connectivity index (χ0n) is 15.1. The van der Waals surface area contributed by atoms with Crippen molar-refractivity contribution in [2.75, 3.05) is 18.4 Å². The highest BCUT2D eigenvalue weighted by Crippen LogP contribution is 2.39. The van der Waals surface area contributed by atoms with Gasteiger partial charge in [-0.05, 0) is 50.3 Å². The summed E-state index contributed by atoms with van der Waals surface area (Å²) in [6.07, 6.45) is 4.32. The fourth-order valence-electron chi connectivity index (χ4n) is 3.43. The predicted octanol–water partition coefficient (Wildman–Crippen LogP) is 2.94. The third-order valence-corrected chi connectivity index (χ3v) is 5.12. The van der Waals surface area contributed by atoms with Crippen molar-refractivity contribution in [1.82, 2.24) is 14.7 Å². The molecule has 1 saturated carbocycles. The standard InChI is InChI=1S/C20H24N4O2/c1-14-6-2-3-7-16(14)21-19(25)13-24-18(12-17(22-24)15-8-9-15)20(26)23-10-4-5-11-23/h2-3,6-7,12,15H,4-5,8-11,13H2,1H3,(H,21,25). The molecule has 2 aliphatic rings. The molecular formula is C20H24N4O2. The SMILES string of the molecule is Cc1ccccc1NC(=O)Cn1nc(C2CC2)cc1C(=O)N1CCCC1. The van der Waals surface area contributed by atoms with Gasteiger partial charge in [-0.15, -0.1) is 0 Å². The summed E-state index contributed by atoms with van der Waals surface area (Å²) >= 11 is 0. The summed E-state index contributed by atoms with van der Waals surface area (Å²) in [5.74, 6) is 0.270. The van der Waals surface area contributed by atoms with E-state index in [0.29, 0.717) is 11.6 Å². The van der Waals surface area contributed by atoms with E-state index in [1.807, 2.05) is 42.2 Å². The number of anilines is 1. The molecule has 0 spiro atoms. The number of rotatable bonds is 5. The van der Waals surface area contributed by atoms with Crippen LogP contribution in [-0.4, -0.2) is 39.6 Å². The summed E-state index contributed by atoms with van der Waals surface area (Å²) < 4.78 is 1.59. The number of hydrogen-bond donors (Lipinski definition) is 1. The molecule has 1 aromatic carbocycles. The van der Waals surface area contributed by atoms with E-state index in [1.165, 1.54) is 0 Å². The van der Waals surface area contributed by atoms with Gasteiger partial charge in [0.1, 0.15) is 12.2 Å². The Hall–Kier alpha value is -2.63. The molecule has 1 saturated heterocycles. The first kappa shape index (κ1) is 16.8. The summed E-state index contributed by atoms with van der Waals surface area (Å²) in [5, 5.41) is 7.50. The van der Waals surface area contributed by atoms with Crippen molar-refractivity contribution in [1.29, 1.82) is 0 Å². The van der Waals surface area contributed by atoms with Crippen molar-refractivity contribution >= 4 is 17.5 Å². The molecule has 2 aromatic rings. The van der Waals surface area contributed by atoms with Gasteiger partial charge in [-0.2, -0.15) is 5.10 Å². The third-order valence-electron chi connectivity index (χ3n) is 5.12. The van der Waals surface area contributed by atoms with Gasteiger partial charge in [0.25, 0.3) is 5.91 Å². The normalized spacial score (nSPS) is 16.7. The van der Waals surface area contributed by atoms with Gasteiger partial charge in [-0.1, -0.05) is 18.2 Å². The van der Waals surface area contributed by atoms with E-state index < -0.39 is 0 Å². The molecule has 6 nitrogen and oxygen atoms in total. The molecular weight excluding hydrogens is 328 g/mol. The van der Waals surface area contributed by atoms with Crippen molar-refractivity contribution in [2.24, 2.45) is 0 Å². The molecule has 0 radical (unpaired) electrons. The highest BCUT2D eigenvalue weighted by molar-refractivity contribution is 5.95. The zero-order valence-corrected chi connectivity index (χ0v) is 15.1. The largest absolute Gasteiger partial charge is 0.337 e. The van der Waals surface area contributed by atoms with Gasteiger partial charge in [0.05, 0.1) is 5.69 Å². The minimum absolute atomic E-state index is 0.00871. The van der Waals surface area contributed by atoms with Crippen LogP contribution in [0.2, 0.25) is 0 Å². The molecule has 1 aromatic heterocycles. The van der Waals surface area contributed by atoms with Gasteiger partial charge in [0.2, 0.25) is 5.91 Å². The third kappa shape index (κ3) is 3.49. The van der Waals surface area contributed by atoms with Gasteiger partial charge < -0.3 is 10.2 Å². The first-order valence-corrected chi connectivity index (χ1v) is 9.34. The number of likely N-dealkylation sites (tertiary alicyclic amines) is 1. The zero-order chi connectivity index (χ0) is 18.1. The molecule has 0 bridgehead atoms. The molecule has 1 aliphatic heterocycles. The van der Waals surface area contributed by atoms with Crippen molar-refractivity contribution in [3.05, 3.63) is 47.3 Å². The Kier molecular flexibility index (Phi) is 4.49. The fraction of sp³-hybridized carbons (Fsp3) is 0.450. The Morgan fingerprint density at radius 3 is 2.62 bits per heavy atom. The van der Waals surface area contributed by atoms with E-state index >= 15 is 0 Å². The number of carbonyl (C=O) groups excluding carboxylic acids is 2. The van der Waals surface area contributed by atoms with Crippen LogP contribution in [0.1, 0.15) is 53.3 Å². The molecule has 1 aliphatic carbocycles. The van der Waals surface area contributed by atoms with Crippen molar-refractivity contribution in [3.63, 3.8) is 0 Å². The Morgan fingerprint density at radius 1 is 1.19 bits per heavy atom. The molecule has 0 unspecified atom stereocenters. The fourth-order valence-corrected chi connectivity index (χ4v) is 3.43. The number of para-hydroxylation sites is 1. The topological polar surface area (TPSA) is 67.2 Å². The first-order valence-electron chi connectivity index (χ1n) is 9.34. The summed E-state index contributed by atoms with van der Waals surface area (Å²) in [6.45, 7) is 3.59. The van der Waals surface area contributed by atoms with Gasteiger partial charge in [0.15, 0.2) is 0 Å². The Morgan fingerprint density at radius 2 is 1.92 bits per heavy atom. The first-order chi connectivity index (χ1) is 12.6. The van der Waals surface area contributed by atoms with E-state index in [4.69, 9.17) is 0 Å². The smallest absolute Gasteiger partial charge is 0.272 e. The second-order valence-corrected chi connectivity index (χ2v) is 7.25. The summed E-state index contributed by atoms with van der Waals surface area (Å²) in [5.41, 5.74) is 3.28. The highest BCUT2D eigenvalue weighted by Gasteiger charge is 2.31. The second kappa shape index (κ2) is 6.94. The number of nitrogens with one attached hydrogen (secondary N) is 1. The Labute approximate surface area is 153 Å². The number of hydrogen-bond acceptors (Lipinski definition) is 3. The van der Waals surface area contributed by atoms with Crippen molar-refractivity contribution in [2.45, 2.75) is 45.1 Å². The minimum Gasteiger partial charge on any atom is -0.337 e. The van der Waals surface area contributed by atoms with E-state index in [2.05, 4.69) is 10.4 Å². The number of nitrogens with zero attached hydrogens (tertiary/aromatic N) is 3. The van der Waals surface area contributed by atoms with Gasteiger partial charge in [-0.25, -0.2) is 0 Å². The minimum atomic E-state index is -0.166. The molecule has 26 heavy (non-hydrogen) atoms. The van der Waals surface area contributed by atoms with Crippen LogP contribution in [0, 0.1) is 6.92 Å². The molecule has 1 N–H and O–H groups in total. The molecule has 0 atom stereocenters. The summed E-state index contributed by atoms with van der Waals surface area (Å²) in [6, 6.07) is 9.55. The van der Waals surface area contributed by atoms with Crippen LogP contribution in [0.25, 0.3) is 0 Å². The van der Waals surface area contributed by atoms with Gasteiger partial charge >= 0.3 is 0 Å². The van der Waals surface area contributed by atoms with E-state index in [-0.39, 0.29) is 18.4 Å². The van der Waals surface area contributed by atoms with E-state index in [1.54, 1.807) is 4.68 Å². The van der Waals surface area contributed by atoms with Gasteiger partial charge in [0, 0.05) is 24.7 Å². The number of aryl methyl sites for hydroxylation is 1. The maximum atomic E-state index is 12.9. The summed E-state index contributed by atoms with van der Waals surface area (Å²) in [7, 11) is 0. The van der Waals surface area contributed by atoms with Crippen LogP contribution in [0.15, 0.2) is 30.3 Å². The van der Waals surface area contributed by atoms with Crippen LogP contribution in [0.4, 0.5) is 5.69 Å². The number of carbonyl (C=O) groups is 2. The Bertz CT molecular complexity index is 832. The average Bonchev–Trinajstić information content (AvgIpc) is 3.17. The molecule has 2 amide bonds. The lowest BCUT2D eigenvalue weighted by atomic mass is 10.2. The second-order valence-electron chi connectivity index (χ2n) is 7.25. The number of benzene rings is 1. The molecule has 4 rings (SSSR count). The molecule has 2 heterocycles. The molecule has 2 fully saturated rings. The molecule has 136 valence electrons. The van der Waals surface area contributed by atoms with Crippen LogP contribution in [0.5, 0.6) is 0 Å². The maximum Gasteiger partial charge on any atom is 0.272 e. The van der Waals surface area contributed by atoms with E-state index in [0.717, 1.165) is 55.7 Å². The van der Waals surface area contributed by atoms with Crippen molar-refractivity contribution < 1.29 is 9.59 Å². The van der Waals surface area contributed by atoms with Crippen molar-refractivity contribution in [3.8, 4) is 0 Å². The quantitative estimate of drug-likeness (QED) is 0.900. The monoisotopic (exact) mass is 352 g/mol. The van der Waals surface area contributed by atoms with E-state index in [9.17, 15) is 9.59 Å². The lowest BCUT2D eigenvalue weighted by Crippen LogP contribution is -2.31. The number of aromatic nitrogens is 2. The van der Waals surface area contributed by atoms with Crippen LogP contribution in [0.3, 0.4) is 0 Å². The summed E-state index contributed by atoms with van der Waals surface area (Å²) in [4.78, 5) is 27.2.